The Morgan fingerprint density at radius 2 is 2.09 bits per heavy atom. The first-order valence-corrected chi connectivity index (χ1v) is 8.59. The van der Waals surface area contributed by atoms with E-state index in [9.17, 15) is 9.59 Å². The van der Waals surface area contributed by atoms with Crippen molar-refractivity contribution in [2.24, 2.45) is 5.41 Å². The van der Waals surface area contributed by atoms with Crippen LogP contribution >= 0.6 is 0 Å². The van der Waals surface area contributed by atoms with Crippen molar-refractivity contribution >= 4 is 11.8 Å². The Bertz CT molecular complexity index is 561. The van der Waals surface area contributed by atoms with Gasteiger partial charge >= 0.3 is 0 Å². The number of nitrogens with zero attached hydrogens (tertiary/aromatic N) is 4. The first kappa shape index (κ1) is 16.0. The monoisotopic (exact) mass is 318 g/mol. The summed E-state index contributed by atoms with van der Waals surface area (Å²) in [5.74, 6) is 0.447. The highest BCUT2D eigenvalue weighted by atomic mass is 16.2. The molecule has 2 amide bonds. The van der Waals surface area contributed by atoms with Gasteiger partial charge in [0.1, 0.15) is 6.04 Å². The van der Waals surface area contributed by atoms with Crippen LogP contribution in [0.25, 0.3) is 0 Å². The van der Waals surface area contributed by atoms with Crippen LogP contribution in [0.2, 0.25) is 0 Å². The van der Waals surface area contributed by atoms with Gasteiger partial charge in [0.15, 0.2) is 0 Å². The van der Waals surface area contributed by atoms with Crippen LogP contribution in [-0.2, 0) is 9.59 Å². The highest BCUT2D eigenvalue weighted by molar-refractivity contribution is 5.80. The number of piperidine rings is 2. The fraction of sp³-hybridized carbons (Fsp3) is 0.706. The van der Waals surface area contributed by atoms with Crippen LogP contribution in [0.15, 0.2) is 18.7 Å². The smallest absolute Gasteiger partial charge is 0.245 e. The van der Waals surface area contributed by atoms with Crippen LogP contribution < -0.4 is 0 Å². The quantitative estimate of drug-likeness (QED) is 0.852. The van der Waals surface area contributed by atoms with E-state index in [2.05, 4.69) is 4.98 Å². The fourth-order valence-electron chi connectivity index (χ4n) is 3.89. The summed E-state index contributed by atoms with van der Waals surface area (Å²) in [6.07, 6.45) is 8.86. The second-order valence-electron chi connectivity index (χ2n) is 6.92. The zero-order chi connectivity index (χ0) is 16.4. The molecular formula is C17H26N4O2. The average molecular weight is 318 g/mol. The molecule has 0 aromatic carbocycles. The van der Waals surface area contributed by atoms with E-state index in [-0.39, 0.29) is 23.3 Å². The largest absolute Gasteiger partial charge is 0.342 e. The lowest BCUT2D eigenvalue weighted by Gasteiger charge is -2.47. The van der Waals surface area contributed by atoms with E-state index in [0.717, 1.165) is 45.4 Å². The Balaban J connectivity index is 1.60. The summed E-state index contributed by atoms with van der Waals surface area (Å²) in [6, 6.07) is -0.202. The van der Waals surface area contributed by atoms with E-state index in [0.29, 0.717) is 6.42 Å². The second-order valence-corrected chi connectivity index (χ2v) is 6.92. The topological polar surface area (TPSA) is 58.4 Å². The van der Waals surface area contributed by atoms with Crippen molar-refractivity contribution in [1.29, 1.82) is 0 Å². The van der Waals surface area contributed by atoms with E-state index < -0.39 is 0 Å². The van der Waals surface area contributed by atoms with Gasteiger partial charge in [-0.1, -0.05) is 0 Å². The number of imidazole rings is 1. The van der Waals surface area contributed by atoms with Gasteiger partial charge in [-0.25, -0.2) is 4.98 Å². The molecule has 23 heavy (non-hydrogen) atoms. The molecule has 2 fully saturated rings. The van der Waals surface area contributed by atoms with Gasteiger partial charge in [-0.3, -0.25) is 9.59 Å². The predicted octanol–water partition coefficient (Wildman–Crippen LogP) is 1.70. The lowest BCUT2D eigenvalue weighted by molar-refractivity contribution is -0.143. The van der Waals surface area contributed by atoms with Crippen LogP contribution in [-0.4, -0.2) is 57.3 Å². The van der Waals surface area contributed by atoms with E-state index in [1.807, 2.05) is 34.4 Å². The third-order valence-corrected chi connectivity index (χ3v) is 5.60. The molecule has 1 spiro atoms. The molecule has 0 unspecified atom stereocenters. The average Bonchev–Trinajstić information content (AvgIpc) is 3.11. The summed E-state index contributed by atoms with van der Waals surface area (Å²) in [6.45, 7) is 7.21. The zero-order valence-corrected chi connectivity index (χ0v) is 14.1. The molecule has 2 aliphatic heterocycles. The summed E-state index contributed by atoms with van der Waals surface area (Å²) in [4.78, 5) is 32.5. The number of hydrogen-bond donors (Lipinski definition) is 0. The van der Waals surface area contributed by atoms with Crippen LogP contribution in [0, 0.1) is 5.41 Å². The van der Waals surface area contributed by atoms with Gasteiger partial charge in [0.2, 0.25) is 11.8 Å². The van der Waals surface area contributed by atoms with Gasteiger partial charge in [0.25, 0.3) is 0 Å². The Hall–Kier alpha value is -1.85. The molecule has 6 nitrogen and oxygen atoms in total. The van der Waals surface area contributed by atoms with E-state index in [4.69, 9.17) is 0 Å². The minimum absolute atomic E-state index is 0.164. The lowest BCUT2D eigenvalue weighted by Crippen LogP contribution is -2.52. The minimum atomic E-state index is -0.202. The molecule has 126 valence electrons. The number of aromatic nitrogens is 2. The van der Waals surface area contributed by atoms with Crippen molar-refractivity contribution in [3.05, 3.63) is 18.7 Å². The summed E-state index contributed by atoms with van der Waals surface area (Å²) in [5, 5.41) is 0. The predicted molar refractivity (Wildman–Crippen MR) is 86.7 cm³/mol. The number of carbonyl (C=O) groups excluding carboxylic acids is 2. The van der Waals surface area contributed by atoms with Gasteiger partial charge in [-0.05, 0) is 38.5 Å². The van der Waals surface area contributed by atoms with Crippen molar-refractivity contribution < 1.29 is 9.59 Å². The molecule has 0 bridgehead atoms. The Morgan fingerprint density at radius 3 is 2.70 bits per heavy atom. The van der Waals surface area contributed by atoms with Crippen LogP contribution in [0.3, 0.4) is 0 Å². The van der Waals surface area contributed by atoms with E-state index in [1.165, 1.54) is 0 Å². The Morgan fingerprint density at radius 1 is 1.35 bits per heavy atom. The Kier molecular flexibility index (Phi) is 4.41. The fourth-order valence-corrected chi connectivity index (χ4v) is 3.89. The van der Waals surface area contributed by atoms with Gasteiger partial charge in [-0.15, -0.1) is 0 Å². The lowest BCUT2D eigenvalue weighted by atomic mass is 9.72. The van der Waals surface area contributed by atoms with Crippen LogP contribution in [0.4, 0.5) is 0 Å². The molecule has 3 rings (SSSR count). The molecule has 3 heterocycles. The van der Waals surface area contributed by atoms with Gasteiger partial charge < -0.3 is 14.4 Å². The van der Waals surface area contributed by atoms with Gasteiger partial charge in [-0.2, -0.15) is 0 Å². The summed E-state index contributed by atoms with van der Waals surface area (Å²) < 4.78 is 1.85. The first-order valence-electron chi connectivity index (χ1n) is 8.59. The molecule has 1 atom stereocenters. The number of likely N-dealkylation sites (tertiary alicyclic amines) is 2. The third-order valence-electron chi connectivity index (χ3n) is 5.60. The van der Waals surface area contributed by atoms with Crippen molar-refractivity contribution in [3.8, 4) is 0 Å². The molecule has 1 aromatic heterocycles. The molecule has 0 N–H and O–H groups in total. The number of amides is 2. The molecule has 0 saturated carbocycles. The normalized spacial score (nSPS) is 22.4. The molecule has 2 saturated heterocycles. The molecule has 2 aliphatic rings. The summed E-state index contributed by atoms with van der Waals surface area (Å²) >= 11 is 0. The summed E-state index contributed by atoms with van der Waals surface area (Å²) in [7, 11) is 0. The van der Waals surface area contributed by atoms with Gasteiger partial charge in [0.05, 0.1) is 6.33 Å². The van der Waals surface area contributed by atoms with E-state index in [1.54, 1.807) is 12.5 Å². The minimum Gasteiger partial charge on any atom is -0.342 e. The van der Waals surface area contributed by atoms with Crippen LogP contribution in [0.5, 0.6) is 0 Å². The molecule has 0 aliphatic carbocycles. The maximum Gasteiger partial charge on any atom is 0.245 e. The zero-order valence-electron chi connectivity index (χ0n) is 14.1. The number of carbonyl (C=O) groups is 2. The van der Waals surface area contributed by atoms with Crippen LogP contribution in [0.1, 0.15) is 45.6 Å². The molecule has 1 aromatic rings. The maximum atomic E-state index is 12.7. The third kappa shape index (κ3) is 3.12. The van der Waals surface area contributed by atoms with E-state index >= 15 is 0 Å². The molecule has 6 heteroatoms. The summed E-state index contributed by atoms with van der Waals surface area (Å²) in [5.41, 5.74) is 0.221. The van der Waals surface area contributed by atoms with Crippen molar-refractivity contribution in [1.82, 2.24) is 19.4 Å². The van der Waals surface area contributed by atoms with Crippen molar-refractivity contribution in [2.45, 2.75) is 45.6 Å². The standard InChI is InChI=1S/C17H26N4O2/c1-3-19-12-17(5-4-15(19)22)6-9-20(10-7-17)16(23)14(2)21-11-8-18-13-21/h8,11,13-14H,3-7,9-10,12H2,1-2H3/t14-/m1/s1. The van der Waals surface area contributed by atoms with Crippen molar-refractivity contribution in [2.75, 3.05) is 26.2 Å². The highest BCUT2D eigenvalue weighted by Gasteiger charge is 2.41. The maximum absolute atomic E-state index is 12.7. The first-order chi connectivity index (χ1) is 11.0. The SMILES string of the molecule is CCN1CC2(CCC1=O)CCN(C(=O)[C@@H](C)n1ccnc1)CC2. The second kappa shape index (κ2) is 6.34. The molecule has 0 radical (unpaired) electrons. The number of rotatable bonds is 3. The Labute approximate surface area is 137 Å². The van der Waals surface area contributed by atoms with Gasteiger partial charge in [0, 0.05) is 45.0 Å². The number of hydrogen-bond acceptors (Lipinski definition) is 3. The highest BCUT2D eigenvalue weighted by Crippen LogP contribution is 2.40. The van der Waals surface area contributed by atoms with Crippen molar-refractivity contribution in [3.63, 3.8) is 0 Å². The molecular weight excluding hydrogens is 292 g/mol.